The first-order chi connectivity index (χ1) is 13.8. The molecule has 2 aromatic rings. The minimum Gasteiger partial charge on any atom is -0.484 e. The van der Waals surface area contributed by atoms with Gasteiger partial charge in [0, 0.05) is 22.1 Å². The molecule has 156 valence electrons. The number of carbonyl (C=O) groups excluding carboxylic acids is 2. The SMILES string of the molecule is CC[C@H](C)NC(=O)[C@@H](C)N(Cc1cccc(Br)c1)C(=O)COc1cccc(Cl)c1. The Bertz CT molecular complexity index is 846. The Balaban J connectivity index is 2.15. The molecule has 0 aromatic heterocycles. The fraction of sp³-hybridized carbons (Fsp3) is 0.364. The van der Waals surface area contributed by atoms with Crippen LogP contribution < -0.4 is 10.1 Å². The van der Waals surface area contributed by atoms with Crippen LogP contribution in [0, 0.1) is 0 Å². The Morgan fingerprint density at radius 1 is 1.17 bits per heavy atom. The summed E-state index contributed by atoms with van der Waals surface area (Å²) in [5, 5.41) is 3.47. The molecule has 2 amide bonds. The molecule has 5 nitrogen and oxygen atoms in total. The minimum absolute atomic E-state index is 0.0375. The highest BCUT2D eigenvalue weighted by Gasteiger charge is 2.27. The summed E-state index contributed by atoms with van der Waals surface area (Å²) in [6.45, 7) is 5.78. The van der Waals surface area contributed by atoms with Crippen LogP contribution in [0.25, 0.3) is 0 Å². The van der Waals surface area contributed by atoms with E-state index in [1.165, 1.54) is 4.90 Å². The van der Waals surface area contributed by atoms with Crippen molar-refractivity contribution in [2.45, 2.75) is 45.8 Å². The predicted molar refractivity (Wildman–Crippen MR) is 119 cm³/mol. The van der Waals surface area contributed by atoms with Crippen molar-refractivity contribution in [1.29, 1.82) is 0 Å². The van der Waals surface area contributed by atoms with Gasteiger partial charge in [-0.25, -0.2) is 0 Å². The van der Waals surface area contributed by atoms with Gasteiger partial charge in [0.25, 0.3) is 5.91 Å². The summed E-state index contributed by atoms with van der Waals surface area (Å²) < 4.78 is 6.52. The van der Waals surface area contributed by atoms with Gasteiger partial charge in [-0.1, -0.05) is 52.7 Å². The third kappa shape index (κ3) is 7.37. The van der Waals surface area contributed by atoms with Crippen molar-refractivity contribution in [3.63, 3.8) is 0 Å². The predicted octanol–water partition coefficient (Wildman–Crippen LogP) is 4.81. The third-order valence-electron chi connectivity index (χ3n) is 4.57. The summed E-state index contributed by atoms with van der Waals surface area (Å²) in [4.78, 5) is 27.2. The molecule has 0 aliphatic heterocycles. The summed E-state index contributed by atoms with van der Waals surface area (Å²) >= 11 is 9.41. The number of halogens is 2. The molecule has 2 atom stereocenters. The molecule has 0 spiro atoms. The number of amides is 2. The van der Waals surface area contributed by atoms with E-state index in [0.29, 0.717) is 17.3 Å². The van der Waals surface area contributed by atoms with Gasteiger partial charge < -0.3 is 15.0 Å². The fourth-order valence-electron chi connectivity index (χ4n) is 2.66. The smallest absolute Gasteiger partial charge is 0.261 e. The van der Waals surface area contributed by atoms with Crippen molar-refractivity contribution in [2.24, 2.45) is 0 Å². The molecular weight excluding hydrogens is 456 g/mol. The first-order valence-electron chi connectivity index (χ1n) is 9.52. The number of hydrogen-bond donors (Lipinski definition) is 1. The lowest BCUT2D eigenvalue weighted by molar-refractivity contribution is -0.142. The molecule has 1 N–H and O–H groups in total. The molecular formula is C22H26BrClN2O3. The average molecular weight is 482 g/mol. The summed E-state index contributed by atoms with van der Waals surface area (Å²) in [7, 11) is 0. The van der Waals surface area contributed by atoms with E-state index in [-0.39, 0.29) is 24.5 Å². The molecule has 0 saturated carbocycles. The van der Waals surface area contributed by atoms with E-state index in [1.807, 2.05) is 38.1 Å². The number of benzene rings is 2. The first kappa shape index (κ1) is 23.2. The Hall–Kier alpha value is -2.05. The highest BCUT2D eigenvalue weighted by atomic mass is 79.9. The highest BCUT2D eigenvalue weighted by Crippen LogP contribution is 2.18. The van der Waals surface area contributed by atoms with E-state index in [2.05, 4.69) is 21.2 Å². The van der Waals surface area contributed by atoms with Gasteiger partial charge in [-0.3, -0.25) is 9.59 Å². The molecule has 0 saturated heterocycles. The maximum atomic E-state index is 13.0. The highest BCUT2D eigenvalue weighted by molar-refractivity contribution is 9.10. The Morgan fingerprint density at radius 3 is 2.55 bits per heavy atom. The van der Waals surface area contributed by atoms with Crippen molar-refractivity contribution in [3.8, 4) is 5.75 Å². The molecule has 29 heavy (non-hydrogen) atoms. The summed E-state index contributed by atoms with van der Waals surface area (Å²) in [5.74, 6) is 0.0344. The van der Waals surface area contributed by atoms with Crippen molar-refractivity contribution in [2.75, 3.05) is 6.61 Å². The zero-order chi connectivity index (χ0) is 21.4. The first-order valence-corrected chi connectivity index (χ1v) is 10.7. The number of carbonyl (C=O) groups is 2. The van der Waals surface area contributed by atoms with Gasteiger partial charge in [-0.2, -0.15) is 0 Å². The van der Waals surface area contributed by atoms with Gasteiger partial charge in [0.05, 0.1) is 0 Å². The summed E-state index contributed by atoms with van der Waals surface area (Å²) in [6, 6.07) is 13.9. The van der Waals surface area contributed by atoms with Crippen LogP contribution in [-0.2, 0) is 16.1 Å². The quantitative estimate of drug-likeness (QED) is 0.559. The van der Waals surface area contributed by atoms with E-state index in [9.17, 15) is 9.59 Å². The van der Waals surface area contributed by atoms with Crippen molar-refractivity contribution < 1.29 is 14.3 Å². The zero-order valence-electron chi connectivity index (χ0n) is 16.8. The maximum Gasteiger partial charge on any atom is 0.261 e. The molecule has 2 rings (SSSR count). The minimum atomic E-state index is -0.640. The molecule has 0 radical (unpaired) electrons. The van der Waals surface area contributed by atoms with E-state index in [0.717, 1.165) is 16.5 Å². The fourth-order valence-corrected chi connectivity index (χ4v) is 3.29. The summed E-state index contributed by atoms with van der Waals surface area (Å²) in [5.41, 5.74) is 0.915. The zero-order valence-corrected chi connectivity index (χ0v) is 19.2. The Morgan fingerprint density at radius 2 is 1.90 bits per heavy atom. The lowest BCUT2D eigenvalue weighted by Gasteiger charge is -2.29. The van der Waals surface area contributed by atoms with Crippen LogP contribution in [0.3, 0.4) is 0 Å². The topological polar surface area (TPSA) is 58.6 Å². The number of nitrogens with one attached hydrogen (secondary N) is 1. The molecule has 0 fully saturated rings. The van der Waals surface area contributed by atoms with Crippen LogP contribution in [0.4, 0.5) is 0 Å². The number of ether oxygens (including phenoxy) is 1. The van der Waals surface area contributed by atoms with Crippen LogP contribution in [0.15, 0.2) is 53.0 Å². The normalized spacial score (nSPS) is 12.7. The van der Waals surface area contributed by atoms with Crippen LogP contribution in [-0.4, -0.2) is 35.4 Å². The lowest BCUT2D eigenvalue weighted by atomic mass is 10.1. The lowest BCUT2D eigenvalue weighted by Crippen LogP contribution is -2.50. The Kier molecular flexibility index (Phi) is 8.99. The molecule has 0 aliphatic carbocycles. The number of nitrogens with zero attached hydrogens (tertiary/aromatic N) is 1. The number of hydrogen-bond acceptors (Lipinski definition) is 3. The van der Waals surface area contributed by atoms with Crippen molar-refractivity contribution >= 4 is 39.3 Å². The molecule has 7 heteroatoms. The van der Waals surface area contributed by atoms with Gasteiger partial charge >= 0.3 is 0 Å². The molecule has 2 aromatic carbocycles. The van der Waals surface area contributed by atoms with Crippen LogP contribution in [0.5, 0.6) is 5.75 Å². The van der Waals surface area contributed by atoms with Gasteiger partial charge in [0.2, 0.25) is 5.91 Å². The van der Waals surface area contributed by atoms with Gasteiger partial charge in [-0.05, 0) is 56.2 Å². The third-order valence-corrected chi connectivity index (χ3v) is 5.30. The number of rotatable bonds is 9. The maximum absolute atomic E-state index is 13.0. The second kappa shape index (κ2) is 11.2. The van der Waals surface area contributed by atoms with Crippen LogP contribution in [0.2, 0.25) is 5.02 Å². The standard InChI is InChI=1S/C22H26BrClN2O3/c1-4-15(2)25-22(28)16(3)26(13-17-7-5-8-18(23)11-17)21(27)14-29-20-10-6-9-19(24)12-20/h5-12,15-16H,4,13-14H2,1-3H3,(H,25,28)/t15-,16+/m0/s1. The van der Waals surface area contributed by atoms with Crippen molar-refractivity contribution in [1.82, 2.24) is 10.2 Å². The van der Waals surface area contributed by atoms with Crippen molar-refractivity contribution in [3.05, 3.63) is 63.6 Å². The summed E-state index contributed by atoms with van der Waals surface area (Å²) in [6.07, 6.45) is 0.815. The van der Waals surface area contributed by atoms with E-state index < -0.39 is 6.04 Å². The van der Waals surface area contributed by atoms with E-state index in [4.69, 9.17) is 16.3 Å². The van der Waals surface area contributed by atoms with E-state index in [1.54, 1.807) is 31.2 Å². The monoisotopic (exact) mass is 480 g/mol. The molecule has 0 aliphatic rings. The van der Waals surface area contributed by atoms with E-state index >= 15 is 0 Å². The van der Waals surface area contributed by atoms with Gasteiger partial charge in [0.15, 0.2) is 6.61 Å². The second-order valence-corrected chi connectivity index (χ2v) is 8.24. The molecule has 0 heterocycles. The van der Waals surface area contributed by atoms with Crippen LogP contribution in [0.1, 0.15) is 32.8 Å². The molecule has 0 unspecified atom stereocenters. The van der Waals surface area contributed by atoms with Gasteiger partial charge in [0.1, 0.15) is 11.8 Å². The Labute approximate surface area is 185 Å². The van der Waals surface area contributed by atoms with Gasteiger partial charge in [-0.15, -0.1) is 0 Å². The van der Waals surface area contributed by atoms with Crippen LogP contribution >= 0.6 is 27.5 Å². The molecule has 0 bridgehead atoms. The second-order valence-electron chi connectivity index (χ2n) is 6.89. The average Bonchev–Trinajstić information content (AvgIpc) is 2.69. The largest absolute Gasteiger partial charge is 0.484 e.